The van der Waals surface area contributed by atoms with Crippen molar-refractivity contribution in [2.24, 2.45) is 7.05 Å². The quantitative estimate of drug-likeness (QED) is 0.557. The van der Waals surface area contributed by atoms with E-state index in [2.05, 4.69) is 59.0 Å². The molecule has 2 nitrogen and oxygen atoms in total. The van der Waals surface area contributed by atoms with Crippen molar-refractivity contribution in [1.82, 2.24) is 4.57 Å². The molecule has 3 heteroatoms. The summed E-state index contributed by atoms with van der Waals surface area (Å²) in [5, 5.41) is 0. The van der Waals surface area contributed by atoms with Crippen molar-refractivity contribution in [3.05, 3.63) is 54.1 Å². The van der Waals surface area contributed by atoms with Gasteiger partial charge in [-0.1, -0.05) is 29.8 Å². The first-order valence-electron chi connectivity index (χ1n) is 4.80. The minimum Gasteiger partial charge on any atom is -1.00 e. The Morgan fingerprint density at radius 1 is 1.33 bits per heavy atom. The fourth-order valence-electron chi connectivity index (χ4n) is 1.62. The van der Waals surface area contributed by atoms with E-state index in [0.29, 0.717) is 0 Å². The van der Waals surface area contributed by atoms with Gasteiger partial charge in [-0.25, -0.2) is 9.13 Å². The van der Waals surface area contributed by atoms with Crippen molar-refractivity contribution in [2.75, 3.05) is 0 Å². The fourth-order valence-corrected chi connectivity index (χ4v) is 1.62. The standard InChI is InChI=1S/C12H15N2.ClH/c1-11-4-3-5-12(8-11)9-14-7-6-13(2)10-14;/h3-8,10H,9H2,1-2H3;1H/q+1;/p-1. The van der Waals surface area contributed by atoms with E-state index in [1.54, 1.807) is 0 Å². The van der Waals surface area contributed by atoms with Crippen LogP contribution in [0.15, 0.2) is 43.0 Å². The first-order valence-corrected chi connectivity index (χ1v) is 4.80. The Labute approximate surface area is 96.6 Å². The topological polar surface area (TPSA) is 8.81 Å². The molecular weight excluding hydrogens is 208 g/mol. The average molecular weight is 223 g/mol. The number of rotatable bonds is 2. The highest BCUT2D eigenvalue weighted by molar-refractivity contribution is 5.22. The molecule has 0 atom stereocenters. The van der Waals surface area contributed by atoms with Crippen LogP contribution in [0.25, 0.3) is 0 Å². The Hall–Kier alpha value is -1.28. The van der Waals surface area contributed by atoms with Gasteiger partial charge in [0.25, 0.3) is 0 Å². The Kier molecular flexibility index (Phi) is 3.92. The molecule has 0 radical (unpaired) electrons. The second-order valence-corrected chi connectivity index (χ2v) is 3.74. The number of aryl methyl sites for hydroxylation is 2. The van der Waals surface area contributed by atoms with Gasteiger partial charge in [-0.3, -0.25) is 0 Å². The number of hydrogen-bond donors (Lipinski definition) is 0. The molecule has 0 saturated heterocycles. The van der Waals surface area contributed by atoms with E-state index in [9.17, 15) is 0 Å². The molecule has 0 aliphatic rings. The summed E-state index contributed by atoms with van der Waals surface area (Å²) in [6, 6.07) is 8.61. The third-order valence-corrected chi connectivity index (χ3v) is 2.27. The van der Waals surface area contributed by atoms with Crippen molar-refractivity contribution in [1.29, 1.82) is 0 Å². The molecular formula is C12H15ClN2. The van der Waals surface area contributed by atoms with Crippen LogP contribution in [-0.2, 0) is 13.6 Å². The largest absolute Gasteiger partial charge is 1.00 e. The highest BCUT2D eigenvalue weighted by Gasteiger charge is 2.01. The third-order valence-electron chi connectivity index (χ3n) is 2.27. The maximum Gasteiger partial charge on any atom is 0.243 e. The number of halogens is 1. The van der Waals surface area contributed by atoms with E-state index in [4.69, 9.17) is 0 Å². The van der Waals surface area contributed by atoms with Gasteiger partial charge in [-0.05, 0) is 12.5 Å². The molecule has 0 unspecified atom stereocenters. The Morgan fingerprint density at radius 2 is 2.13 bits per heavy atom. The molecule has 0 aliphatic heterocycles. The van der Waals surface area contributed by atoms with E-state index < -0.39 is 0 Å². The summed E-state index contributed by atoms with van der Waals surface area (Å²) in [4.78, 5) is 0. The van der Waals surface area contributed by atoms with E-state index in [0.717, 1.165) is 6.54 Å². The number of aromatic nitrogens is 2. The molecule has 80 valence electrons. The normalized spacial score (nSPS) is 9.73. The van der Waals surface area contributed by atoms with Gasteiger partial charge >= 0.3 is 0 Å². The summed E-state index contributed by atoms with van der Waals surface area (Å²) in [6.07, 6.45) is 6.22. The van der Waals surface area contributed by atoms with Crippen LogP contribution in [0, 0.1) is 6.92 Å². The van der Waals surface area contributed by atoms with E-state index in [-0.39, 0.29) is 12.4 Å². The molecule has 0 N–H and O–H groups in total. The monoisotopic (exact) mass is 222 g/mol. The van der Waals surface area contributed by atoms with E-state index >= 15 is 0 Å². The van der Waals surface area contributed by atoms with Crippen LogP contribution in [0.5, 0.6) is 0 Å². The minimum atomic E-state index is 0. The SMILES string of the molecule is Cc1cccc(Cn2cc[n+](C)c2)c1.[Cl-]. The zero-order valence-electron chi connectivity index (χ0n) is 9.02. The van der Waals surface area contributed by atoms with Gasteiger partial charge in [0, 0.05) is 0 Å². The zero-order valence-corrected chi connectivity index (χ0v) is 9.78. The maximum atomic E-state index is 2.22. The molecule has 0 bridgehead atoms. The molecule has 0 aliphatic carbocycles. The first kappa shape index (κ1) is 11.8. The summed E-state index contributed by atoms with van der Waals surface area (Å²) >= 11 is 0. The van der Waals surface area contributed by atoms with Crippen molar-refractivity contribution in [3.8, 4) is 0 Å². The number of imidazole rings is 1. The third kappa shape index (κ3) is 3.10. The molecule has 0 saturated carbocycles. The summed E-state index contributed by atoms with van der Waals surface area (Å²) in [6.45, 7) is 3.07. The second-order valence-electron chi connectivity index (χ2n) is 3.74. The lowest BCUT2D eigenvalue weighted by Gasteiger charge is -1.98. The molecule has 1 heterocycles. The Balaban J connectivity index is 0.00000112. The van der Waals surface area contributed by atoms with E-state index in [1.165, 1.54) is 11.1 Å². The smallest absolute Gasteiger partial charge is 0.243 e. The van der Waals surface area contributed by atoms with Crippen LogP contribution >= 0.6 is 0 Å². The molecule has 2 aromatic rings. The van der Waals surface area contributed by atoms with Gasteiger partial charge in [0.2, 0.25) is 6.33 Å². The number of hydrogen-bond acceptors (Lipinski definition) is 0. The molecule has 1 aromatic carbocycles. The molecule has 0 spiro atoms. The second kappa shape index (κ2) is 4.99. The minimum absolute atomic E-state index is 0. The predicted molar refractivity (Wildman–Crippen MR) is 55.9 cm³/mol. The highest BCUT2D eigenvalue weighted by Crippen LogP contribution is 2.05. The summed E-state index contributed by atoms with van der Waals surface area (Å²) in [7, 11) is 2.03. The summed E-state index contributed by atoms with van der Waals surface area (Å²) < 4.78 is 4.23. The van der Waals surface area contributed by atoms with Crippen molar-refractivity contribution in [2.45, 2.75) is 13.5 Å². The molecule has 0 amide bonds. The van der Waals surface area contributed by atoms with Crippen LogP contribution in [0.1, 0.15) is 11.1 Å². The zero-order chi connectivity index (χ0) is 9.97. The maximum absolute atomic E-state index is 2.22. The molecule has 2 rings (SSSR count). The average Bonchev–Trinajstić information content (AvgIpc) is 2.51. The van der Waals surface area contributed by atoms with Crippen LogP contribution in [0.3, 0.4) is 0 Å². The Bertz CT molecular complexity index is 435. The van der Waals surface area contributed by atoms with Crippen molar-refractivity contribution in [3.63, 3.8) is 0 Å². The number of nitrogens with zero attached hydrogens (tertiary/aromatic N) is 2. The van der Waals surface area contributed by atoms with Gasteiger partial charge in [0.1, 0.15) is 18.9 Å². The van der Waals surface area contributed by atoms with Gasteiger partial charge in [-0.15, -0.1) is 0 Å². The first-order chi connectivity index (χ1) is 6.74. The highest BCUT2D eigenvalue weighted by atomic mass is 35.5. The predicted octanol–water partition coefficient (Wildman–Crippen LogP) is -1.33. The van der Waals surface area contributed by atoms with E-state index in [1.807, 2.05) is 7.05 Å². The van der Waals surface area contributed by atoms with Crippen LogP contribution in [0.4, 0.5) is 0 Å². The van der Waals surface area contributed by atoms with Crippen molar-refractivity contribution < 1.29 is 17.0 Å². The lowest BCUT2D eigenvalue weighted by atomic mass is 10.1. The lowest BCUT2D eigenvalue weighted by Crippen LogP contribution is -3.00. The summed E-state index contributed by atoms with van der Waals surface area (Å²) in [5.41, 5.74) is 2.67. The van der Waals surface area contributed by atoms with Crippen molar-refractivity contribution >= 4 is 0 Å². The fraction of sp³-hybridized carbons (Fsp3) is 0.250. The lowest BCUT2D eigenvalue weighted by molar-refractivity contribution is -0.671. The molecule has 15 heavy (non-hydrogen) atoms. The Morgan fingerprint density at radius 3 is 2.73 bits per heavy atom. The molecule has 0 fully saturated rings. The van der Waals surface area contributed by atoms with Crippen LogP contribution < -0.4 is 17.0 Å². The summed E-state index contributed by atoms with van der Waals surface area (Å²) in [5.74, 6) is 0. The van der Waals surface area contributed by atoms with Crippen LogP contribution in [-0.4, -0.2) is 4.57 Å². The van der Waals surface area contributed by atoms with Gasteiger partial charge in [0.05, 0.1) is 7.05 Å². The molecule has 1 aromatic heterocycles. The number of benzene rings is 1. The van der Waals surface area contributed by atoms with Crippen LogP contribution in [0.2, 0.25) is 0 Å². The van der Waals surface area contributed by atoms with Gasteiger partial charge in [0.15, 0.2) is 0 Å². The van der Waals surface area contributed by atoms with Gasteiger partial charge in [-0.2, -0.15) is 0 Å². The van der Waals surface area contributed by atoms with Gasteiger partial charge < -0.3 is 12.4 Å².